The molecule has 2 nitrogen and oxygen atoms in total. The monoisotopic (exact) mass is 340 g/mol. The van der Waals surface area contributed by atoms with E-state index in [1.807, 2.05) is 26.1 Å². The number of nitrogens with one attached hydrogen (secondary N) is 1. The first-order chi connectivity index (χ1) is 11.6. The lowest BCUT2D eigenvalue weighted by Crippen LogP contribution is -1.88. The largest absolute Gasteiger partial charge is 0.358 e. The zero-order chi connectivity index (χ0) is 17.3. The second-order valence-electron chi connectivity index (χ2n) is 6.54. The minimum absolute atomic E-state index is 0.481. The Labute approximate surface area is 149 Å². The fourth-order valence-corrected chi connectivity index (χ4v) is 3.17. The van der Waals surface area contributed by atoms with Gasteiger partial charge in [0, 0.05) is 50.6 Å². The lowest BCUT2D eigenvalue weighted by atomic mass is 10.0. The SMILES string of the molecule is CC.CC(C)c1cc2cc(Cl)c(-c3ccc(C4CC4)nc3)cc2[nH]1. The number of fused-ring (bicyclic) bond motifs is 1. The van der Waals surface area contributed by atoms with E-state index in [0.29, 0.717) is 11.8 Å². The fraction of sp³-hybridized carbons (Fsp3) is 0.381. The maximum atomic E-state index is 6.50. The average molecular weight is 341 g/mol. The first kappa shape index (κ1) is 17.0. The highest BCUT2D eigenvalue weighted by Crippen LogP contribution is 2.40. The van der Waals surface area contributed by atoms with Crippen molar-refractivity contribution in [2.45, 2.75) is 52.4 Å². The Bertz CT molecular complexity index is 827. The summed E-state index contributed by atoms with van der Waals surface area (Å²) in [4.78, 5) is 8.10. The van der Waals surface area contributed by atoms with Gasteiger partial charge in [-0.25, -0.2) is 0 Å². The number of halogens is 1. The minimum atomic E-state index is 0.481. The van der Waals surface area contributed by atoms with Crippen LogP contribution in [0, 0.1) is 0 Å². The summed E-state index contributed by atoms with van der Waals surface area (Å²) in [5.74, 6) is 1.16. The van der Waals surface area contributed by atoms with Gasteiger partial charge in [-0.15, -0.1) is 0 Å². The summed E-state index contributed by atoms with van der Waals surface area (Å²) >= 11 is 6.50. The quantitative estimate of drug-likeness (QED) is 0.551. The van der Waals surface area contributed by atoms with E-state index in [0.717, 1.165) is 21.7 Å². The third-order valence-corrected chi connectivity index (χ3v) is 4.76. The molecule has 1 fully saturated rings. The van der Waals surface area contributed by atoms with Crippen LogP contribution in [-0.2, 0) is 0 Å². The zero-order valence-corrected chi connectivity index (χ0v) is 15.6. The number of rotatable bonds is 3. The highest BCUT2D eigenvalue weighted by Gasteiger charge is 2.24. The summed E-state index contributed by atoms with van der Waals surface area (Å²) in [6.07, 6.45) is 4.51. The molecule has 2 aromatic heterocycles. The molecule has 1 aromatic carbocycles. The molecule has 1 aliphatic rings. The van der Waals surface area contributed by atoms with Crippen LogP contribution in [0.25, 0.3) is 22.0 Å². The normalized spacial score (nSPS) is 13.9. The molecular weight excluding hydrogens is 316 g/mol. The Hall–Kier alpha value is -1.80. The number of pyridine rings is 1. The summed E-state index contributed by atoms with van der Waals surface area (Å²) in [7, 11) is 0. The second-order valence-corrected chi connectivity index (χ2v) is 6.95. The number of nitrogens with zero attached hydrogens (tertiary/aromatic N) is 1. The Kier molecular flexibility index (Phi) is 4.96. The molecule has 4 rings (SSSR count). The summed E-state index contributed by atoms with van der Waals surface area (Å²) in [6, 6.07) is 10.6. The maximum Gasteiger partial charge on any atom is 0.0492 e. The van der Waals surface area contributed by atoms with E-state index in [4.69, 9.17) is 11.6 Å². The standard InChI is InChI=1S/C19H19ClN2.C2H6/c1-11(2)18-8-14-7-16(20)15(9-19(14)22-18)13-5-6-17(21-10-13)12-3-4-12;1-2/h5-12,22H,3-4H2,1-2H3;1-2H3. The van der Waals surface area contributed by atoms with Gasteiger partial charge in [-0.05, 0) is 43.0 Å². The molecule has 24 heavy (non-hydrogen) atoms. The van der Waals surface area contributed by atoms with E-state index < -0.39 is 0 Å². The summed E-state index contributed by atoms with van der Waals surface area (Å²) in [5, 5.41) is 1.95. The number of hydrogen-bond acceptors (Lipinski definition) is 1. The molecule has 0 atom stereocenters. The van der Waals surface area contributed by atoms with Crippen LogP contribution in [0.3, 0.4) is 0 Å². The van der Waals surface area contributed by atoms with E-state index in [9.17, 15) is 0 Å². The van der Waals surface area contributed by atoms with Crippen molar-refractivity contribution in [1.29, 1.82) is 0 Å². The van der Waals surface area contributed by atoms with Crippen LogP contribution in [0.2, 0.25) is 5.02 Å². The van der Waals surface area contributed by atoms with Gasteiger partial charge in [-0.3, -0.25) is 4.98 Å². The molecular formula is C21H25ClN2. The van der Waals surface area contributed by atoms with E-state index in [1.54, 1.807) is 0 Å². The number of aromatic nitrogens is 2. The summed E-state index contributed by atoms with van der Waals surface area (Å²) in [6.45, 7) is 8.38. The Balaban J connectivity index is 0.000000815. The molecule has 1 saturated carbocycles. The lowest BCUT2D eigenvalue weighted by Gasteiger charge is -2.06. The predicted molar refractivity (Wildman–Crippen MR) is 104 cm³/mol. The van der Waals surface area contributed by atoms with Gasteiger partial charge in [0.15, 0.2) is 0 Å². The van der Waals surface area contributed by atoms with Gasteiger partial charge in [-0.1, -0.05) is 45.4 Å². The summed E-state index contributed by atoms with van der Waals surface area (Å²) < 4.78 is 0. The molecule has 2 heterocycles. The third kappa shape index (κ3) is 3.34. The minimum Gasteiger partial charge on any atom is -0.358 e. The van der Waals surface area contributed by atoms with Gasteiger partial charge in [0.25, 0.3) is 0 Å². The number of aromatic amines is 1. The lowest BCUT2D eigenvalue weighted by molar-refractivity contribution is 0.836. The Morgan fingerprint density at radius 2 is 1.88 bits per heavy atom. The molecule has 0 aliphatic heterocycles. The maximum absolute atomic E-state index is 6.50. The molecule has 3 aromatic rings. The number of hydrogen-bond donors (Lipinski definition) is 1. The van der Waals surface area contributed by atoms with Crippen LogP contribution in [0.15, 0.2) is 36.5 Å². The van der Waals surface area contributed by atoms with Crippen LogP contribution in [0.1, 0.15) is 63.8 Å². The first-order valence-electron chi connectivity index (χ1n) is 8.90. The predicted octanol–water partition coefficient (Wildman–Crippen LogP) is 6.91. The van der Waals surface area contributed by atoms with Gasteiger partial charge in [-0.2, -0.15) is 0 Å². The molecule has 0 amide bonds. The van der Waals surface area contributed by atoms with Crippen LogP contribution in [-0.4, -0.2) is 9.97 Å². The smallest absolute Gasteiger partial charge is 0.0492 e. The van der Waals surface area contributed by atoms with Crippen LogP contribution >= 0.6 is 11.6 Å². The highest BCUT2D eigenvalue weighted by atomic mass is 35.5. The van der Waals surface area contributed by atoms with Crippen molar-refractivity contribution in [3.8, 4) is 11.1 Å². The Morgan fingerprint density at radius 3 is 2.46 bits per heavy atom. The van der Waals surface area contributed by atoms with Crippen molar-refractivity contribution >= 4 is 22.5 Å². The van der Waals surface area contributed by atoms with Crippen molar-refractivity contribution in [2.24, 2.45) is 0 Å². The fourth-order valence-electron chi connectivity index (χ4n) is 2.89. The van der Waals surface area contributed by atoms with Crippen LogP contribution in [0.5, 0.6) is 0 Å². The summed E-state index contributed by atoms with van der Waals surface area (Å²) in [5.41, 5.74) is 5.71. The molecule has 0 bridgehead atoms. The highest BCUT2D eigenvalue weighted by molar-refractivity contribution is 6.34. The van der Waals surface area contributed by atoms with Crippen molar-refractivity contribution in [2.75, 3.05) is 0 Å². The van der Waals surface area contributed by atoms with Gasteiger partial charge in [0.2, 0.25) is 0 Å². The molecule has 0 spiro atoms. The van der Waals surface area contributed by atoms with E-state index in [2.05, 4.69) is 48.1 Å². The molecule has 1 N–H and O–H groups in total. The van der Waals surface area contributed by atoms with Gasteiger partial charge < -0.3 is 4.98 Å². The number of benzene rings is 1. The van der Waals surface area contributed by atoms with Crippen molar-refractivity contribution in [3.63, 3.8) is 0 Å². The van der Waals surface area contributed by atoms with Gasteiger partial charge in [0.1, 0.15) is 0 Å². The van der Waals surface area contributed by atoms with E-state index >= 15 is 0 Å². The Morgan fingerprint density at radius 1 is 1.12 bits per heavy atom. The second kappa shape index (κ2) is 6.98. The van der Waals surface area contributed by atoms with Gasteiger partial charge >= 0.3 is 0 Å². The third-order valence-electron chi connectivity index (χ3n) is 4.44. The number of H-pyrrole nitrogens is 1. The molecule has 3 heteroatoms. The van der Waals surface area contributed by atoms with Crippen molar-refractivity contribution < 1.29 is 0 Å². The van der Waals surface area contributed by atoms with Gasteiger partial charge in [0.05, 0.1) is 0 Å². The average Bonchev–Trinajstić information content (AvgIpc) is 3.36. The molecule has 126 valence electrons. The zero-order valence-electron chi connectivity index (χ0n) is 14.9. The molecule has 0 radical (unpaired) electrons. The first-order valence-corrected chi connectivity index (χ1v) is 9.28. The van der Waals surface area contributed by atoms with Crippen LogP contribution in [0.4, 0.5) is 0 Å². The van der Waals surface area contributed by atoms with Crippen molar-refractivity contribution in [1.82, 2.24) is 9.97 Å². The molecule has 0 unspecified atom stereocenters. The van der Waals surface area contributed by atoms with E-state index in [1.165, 1.54) is 29.6 Å². The topological polar surface area (TPSA) is 28.7 Å². The van der Waals surface area contributed by atoms with E-state index in [-0.39, 0.29) is 0 Å². The van der Waals surface area contributed by atoms with Crippen LogP contribution < -0.4 is 0 Å². The van der Waals surface area contributed by atoms with Crippen molar-refractivity contribution in [3.05, 3.63) is 52.9 Å². The molecule has 1 aliphatic carbocycles. The molecule has 0 saturated heterocycles.